The van der Waals surface area contributed by atoms with Crippen molar-refractivity contribution in [3.05, 3.63) is 11.8 Å². The third kappa shape index (κ3) is 11.0. The minimum atomic E-state index is -4.61. The van der Waals surface area contributed by atoms with Gasteiger partial charge in [0.1, 0.15) is 11.6 Å². The first-order valence-electron chi connectivity index (χ1n) is 17.9. The Labute approximate surface area is 287 Å². The summed E-state index contributed by atoms with van der Waals surface area (Å²) in [6.45, 7) is 14.7. The molecule has 1 aromatic heterocycles. The van der Waals surface area contributed by atoms with Crippen LogP contribution in [0.2, 0.25) is 0 Å². The number of rotatable bonds is 21. The summed E-state index contributed by atoms with van der Waals surface area (Å²) in [4.78, 5) is 28.7. The van der Waals surface area contributed by atoms with Gasteiger partial charge in [0.2, 0.25) is 11.8 Å². The number of fused-ring (bicyclic) bond motifs is 2. The van der Waals surface area contributed by atoms with Gasteiger partial charge in [0.25, 0.3) is 0 Å². The highest BCUT2D eigenvalue weighted by Gasteiger charge is 2.50. The van der Waals surface area contributed by atoms with Gasteiger partial charge in [0, 0.05) is 32.1 Å². The Kier molecular flexibility index (Phi) is 14.9. The maximum Gasteiger partial charge on any atom is 0.437 e. The van der Waals surface area contributed by atoms with Gasteiger partial charge in [-0.2, -0.15) is 23.2 Å². The fourth-order valence-electron chi connectivity index (χ4n) is 6.79. The van der Waals surface area contributed by atoms with Crippen LogP contribution >= 0.6 is 0 Å². The molecule has 2 unspecified atom stereocenters. The van der Waals surface area contributed by atoms with Crippen LogP contribution in [0.4, 0.5) is 9.59 Å². The molecule has 2 aliphatic rings. The molecule has 1 aromatic rings. The van der Waals surface area contributed by atoms with E-state index in [-0.39, 0.29) is 18.4 Å². The molecule has 3 heterocycles. The zero-order chi connectivity index (χ0) is 35.5. The fourth-order valence-corrected chi connectivity index (χ4v) is 7.47. The van der Waals surface area contributed by atoms with Gasteiger partial charge in [0.05, 0.1) is 6.04 Å². The lowest BCUT2D eigenvalue weighted by molar-refractivity contribution is -0.0573. The van der Waals surface area contributed by atoms with E-state index >= 15 is 0 Å². The van der Waals surface area contributed by atoms with Crippen molar-refractivity contribution in [1.29, 1.82) is 0 Å². The molecule has 4 atom stereocenters. The Hall–Kier alpha value is -2.49. The molecule has 2 fully saturated rings. The minimum absolute atomic E-state index is 0.244. The van der Waals surface area contributed by atoms with E-state index in [2.05, 4.69) is 43.4 Å². The van der Waals surface area contributed by atoms with Gasteiger partial charge in [-0.15, -0.1) is 14.5 Å². The predicted octanol–water partition coefficient (Wildman–Crippen LogP) is 6.84. The molecule has 2 bridgehead atoms. The van der Waals surface area contributed by atoms with Gasteiger partial charge < -0.3 is 19.0 Å². The molecule has 276 valence electrons. The van der Waals surface area contributed by atoms with E-state index in [0.29, 0.717) is 38.1 Å². The molecule has 0 saturated carbocycles. The molecule has 0 aromatic carbocycles. The molecule has 1 N–H and O–H groups in total. The third-order valence-electron chi connectivity index (χ3n) is 9.20. The lowest BCUT2D eigenvalue weighted by Gasteiger charge is -2.41. The normalized spacial score (nSPS) is 20.2. The number of carbonyl (C=O) groups is 2. The number of aryl methyl sites for hydroxylation is 1. The maximum atomic E-state index is 13.5. The average Bonchev–Trinajstić information content (AvgIpc) is 3.58. The molecular formula is C33H60N6O8S. The van der Waals surface area contributed by atoms with Gasteiger partial charge in [-0.1, -0.05) is 66.2 Å². The molecule has 0 aliphatic carbocycles. The first kappa shape index (κ1) is 39.9. The first-order valence-corrected chi connectivity index (χ1v) is 19.3. The van der Waals surface area contributed by atoms with E-state index in [1.54, 1.807) is 7.05 Å². The molecule has 3 rings (SSSR count). The van der Waals surface area contributed by atoms with Crippen molar-refractivity contribution in [3.63, 3.8) is 0 Å². The molecule has 15 heteroatoms. The molecule has 48 heavy (non-hydrogen) atoms. The number of aromatic nitrogens is 2. The lowest BCUT2D eigenvalue weighted by Crippen LogP contribution is -2.52. The van der Waals surface area contributed by atoms with E-state index in [0.717, 1.165) is 69.3 Å². The van der Waals surface area contributed by atoms with Crippen molar-refractivity contribution < 1.29 is 35.7 Å². The van der Waals surface area contributed by atoms with Crippen molar-refractivity contribution in [2.24, 2.45) is 5.92 Å². The zero-order valence-corrected chi connectivity index (χ0v) is 31.3. The number of urea groups is 1. The number of piperidine rings is 1. The van der Waals surface area contributed by atoms with E-state index in [1.807, 2.05) is 20.8 Å². The Balaban J connectivity index is 1.63. The topological polar surface area (TPSA) is 157 Å². The van der Waals surface area contributed by atoms with E-state index < -0.39 is 45.7 Å². The predicted molar refractivity (Wildman–Crippen MR) is 180 cm³/mol. The molecule has 2 aliphatic heterocycles. The Morgan fingerprint density at radius 2 is 1.75 bits per heavy atom. The highest BCUT2D eigenvalue weighted by molar-refractivity contribution is 7.81. The van der Waals surface area contributed by atoms with Crippen LogP contribution in [-0.4, -0.2) is 82.9 Å². The van der Waals surface area contributed by atoms with E-state index in [4.69, 9.17) is 17.7 Å². The standard InChI is InChI=1S/C33H60N6O8S/c1-9-13-17-25(16-11-3)33(21-12-4,22-14-10-2)36-46-48(42,43)47-39-26-19-20-27(38(24-26)30(39)40)29-35-34-28(44-29)18-15-23-37(8)31(41)45-32(5,6)7/h25-27,36H,9-24H2,1-8H3/t25?,26-,27-,33?/m0/s1. The van der Waals surface area contributed by atoms with Crippen LogP contribution < -0.4 is 5.48 Å². The van der Waals surface area contributed by atoms with Crippen LogP contribution in [0.25, 0.3) is 0 Å². The second kappa shape index (κ2) is 18.0. The Bertz CT molecular complexity index is 1270. The van der Waals surface area contributed by atoms with Crippen molar-refractivity contribution >= 4 is 22.5 Å². The summed E-state index contributed by atoms with van der Waals surface area (Å²) in [6, 6.07) is -1.56. The second-order valence-electron chi connectivity index (χ2n) is 14.4. The van der Waals surface area contributed by atoms with Crippen LogP contribution in [-0.2, 0) is 30.1 Å². The Morgan fingerprint density at radius 3 is 2.40 bits per heavy atom. The van der Waals surface area contributed by atoms with Gasteiger partial charge >= 0.3 is 22.5 Å². The van der Waals surface area contributed by atoms with Gasteiger partial charge in [-0.05, 0) is 71.6 Å². The molecular weight excluding hydrogens is 640 g/mol. The summed E-state index contributed by atoms with van der Waals surface area (Å²) in [6.07, 6.45) is 11.0. The molecule has 2 saturated heterocycles. The number of hydroxylamine groups is 3. The van der Waals surface area contributed by atoms with Gasteiger partial charge in [-0.3, -0.25) is 0 Å². The summed E-state index contributed by atoms with van der Waals surface area (Å²) in [7, 11) is -2.94. The van der Waals surface area contributed by atoms with Crippen molar-refractivity contribution in [1.82, 2.24) is 30.5 Å². The number of ether oxygens (including phenoxy) is 1. The molecule has 0 radical (unpaired) electrons. The van der Waals surface area contributed by atoms with Crippen LogP contribution in [0.1, 0.15) is 150 Å². The SMILES string of the molecule is CCCCC(CCC)C(CCC)(CCCC)NOS(=O)(=O)ON1C(=O)N2C[C@@H]1CC[C@H]2c1nnc(CCCN(C)C(=O)OC(C)(C)C)o1. The van der Waals surface area contributed by atoms with Crippen molar-refractivity contribution in [3.8, 4) is 0 Å². The maximum absolute atomic E-state index is 13.5. The highest BCUT2D eigenvalue weighted by atomic mass is 32.3. The smallest absolute Gasteiger partial charge is 0.437 e. The van der Waals surface area contributed by atoms with E-state index in [9.17, 15) is 18.0 Å². The van der Waals surface area contributed by atoms with Crippen LogP contribution in [0, 0.1) is 5.92 Å². The number of carbonyl (C=O) groups excluding carboxylic acids is 2. The number of hydrogen-bond acceptors (Lipinski definition) is 11. The molecule has 3 amide bonds. The van der Waals surface area contributed by atoms with Crippen molar-refractivity contribution in [2.75, 3.05) is 20.1 Å². The number of unbranched alkanes of at least 4 members (excludes halogenated alkanes) is 2. The van der Waals surface area contributed by atoms with Gasteiger partial charge in [-0.25, -0.2) is 9.59 Å². The van der Waals surface area contributed by atoms with Crippen LogP contribution in [0.15, 0.2) is 4.42 Å². The summed E-state index contributed by atoms with van der Waals surface area (Å²) >= 11 is 0. The largest absolute Gasteiger partial charge is 0.444 e. The van der Waals surface area contributed by atoms with E-state index in [1.165, 1.54) is 9.80 Å². The number of nitrogens with one attached hydrogen (secondary N) is 1. The third-order valence-corrected chi connectivity index (χ3v) is 9.83. The quantitative estimate of drug-likeness (QED) is 0.134. The number of hydrogen-bond donors (Lipinski definition) is 1. The van der Waals surface area contributed by atoms with Crippen LogP contribution in [0.5, 0.6) is 0 Å². The highest BCUT2D eigenvalue weighted by Crippen LogP contribution is 2.39. The minimum Gasteiger partial charge on any atom is -0.444 e. The summed E-state index contributed by atoms with van der Waals surface area (Å²) in [5.74, 6) is 0.925. The Morgan fingerprint density at radius 1 is 1.02 bits per heavy atom. The lowest BCUT2D eigenvalue weighted by atomic mass is 9.73. The first-order chi connectivity index (χ1) is 22.7. The molecule has 14 nitrogen and oxygen atoms in total. The average molecular weight is 701 g/mol. The van der Waals surface area contributed by atoms with Crippen molar-refractivity contribution in [2.45, 2.75) is 162 Å². The summed E-state index contributed by atoms with van der Waals surface area (Å²) in [5, 5.41) is 9.26. The number of amides is 3. The van der Waals surface area contributed by atoms with Gasteiger partial charge in [0.15, 0.2) is 0 Å². The zero-order valence-electron chi connectivity index (χ0n) is 30.5. The van der Waals surface area contributed by atoms with Crippen LogP contribution in [0.3, 0.4) is 0 Å². The summed E-state index contributed by atoms with van der Waals surface area (Å²) < 4.78 is 48.6. The summed E-state index contributed by atoms with van der Waals surface area (Å²) in [5.41, 5.74) is 1.91. The molecule has 0 spiro atoms. The number of nitrogens with zero attached hydrogens (tertiary/aromatic N) is 5. The monoisotopic (exact) mass is 700 g/mol. The fraction of sp³-hybridized carbons (Fsp3) is 0.879. The second-order valence-corrected chi connectivity index (χ2v) is 15.5.